The molecular formula is C14H16ClFN2O. The highest BCUT2D eigenvalue weighted by molar-refractivity contribution is 6.31. The van der Waals surface area contributed by atoms with E-state index in [0.29, 0.717) is 17.0 Å². The molecule has 1 unspecified atom stereocenters. The van der Waals surface area contributed by atoms with Crippen LogP contribution < -0.4 is 11.3 Å². The number of aryl methyl sites for hydroxylation is 1. The summed E-state index contributed by atoms with van der Waals surface area (Å²) in [7, 11) is 0. The maximum absolute atomic E-state index is 13.7. The van der Waals surface area contributed by atoms with Crippen LogP contribution in [0.1, 0.15) is 17.7 Å². The van der Waals surface area contributed by atoms with Gasteiger partial charge in [0.05, 0.1) is 6.26 Å². The molecular weight excluding hydrogens is 267 g/mol. The van der Waals surface area contributed by atoms with E-state index < -0.39 is 0 Å². The van der Waals surface area contributed by atoms with Crippen molar-refractivity contribution in [1.82, 2.24) is 5.43 Å². The molecule has 3 N–H and O–H groups in total. The molecule has 5 heteroatoms. The number of hydrazine groups is 1. The molecule has 0 saturated heterocycles. The average Bonchev–Trinajstić information content (AvgIpc) is 2.91. The van der Waals surface area contributed by atoms with Gasteiger partial charge >= 0.3 is 0 Å². The SMILES string of the molecule is NNC(CCc1ccco1)Cc1c(F)cccc1Cl. The molecule has 2 rings (SSSR count). The van der Waals surface area contributed by atoms with Crippen molar-refractivity contribution in [2.75, 3.05) is 0 Å². The van der Waals surface area contributed by atoms with E-state index in [0.717, 1.165) is 18.6 Å². The second kappa shape index (κ2) is 6.70. The van der Waals surface area contributed by atoms with Gasteiger partial charge in [-0.15, -0.1) is 0 Å². The zero-order valence-electron chi connectivity index (χ0n) is 10.4. The molecule has 0 spiro atoms. The normalized spacial score (nSPS) is 12.6. The van der Waals surface area contributed by atoms with E-state index in [9.17, 15) is 4.39 Å². The summed E-state index contributed by atoms with van der Waals surface area (Å²) in [5.74, 6) is 6.10. The summed E-state index contributed by atoms with van der Waals surface area (Å²) in [5, 5.41) is 0.429. The Morgan fingerprint density at radius 1 is 1.32 bits per heavy atom. The first kappa shape index (κ1) is 14.1. The van der Waals surface area contributed by atoms with Crippen LogP contribution in [0.15, 0.2) is 41.0 Å². The second-order valence-electron chi connectivity index (χ2n) is 4.39. The maximum atomic E-state index is 13.7. The summed E-state index contributed by atoms with van der Waals surface area (Å²) in [6, 6.07) is 8.37. The number of halogens is 2. The van der Waals surface area contributed by atoms with Crippen molar-refractivity contribution in [2.24, 2.45) is 5.84 Å². The van der Waals surface area contributed by atoms with Crippen LogP contribution in [0.5, 0.6) is 0 Å². The molecule has 0 saturated carbocycles. The highest BCUT2D eigenvalue weighted by atomic mass is 35.5. The zero-order chi connectivity index (χ0) is 13.7. The van der Waals surface area contributed by atoms with Crippen molar-refractivity contribution in [2.45, 2.75) is 25.3 Å². The Hall–Kier alpha value is -1.36. The van der Waals surface area contributed by atoms with Crippen molar-refractivity contribution in [3.8, 4) is 0 Å². The molecule has 1 aromatic carbocycles. The van der Waals surface area contributed by atoms with Gasteiger partial charge < -0.3 is 4.42 Å². The molecule has 3 nitrogen and oxygen atoms in total. The molecule has 0 bridgehead atoms. The quantitative estimate of drug-likeness (QED) is 0.632. The number of hydrogen-bond acceptors (Lipinski definition) is 3. The molecule has 2 aromatic rings. The third-order valence-corrected chi connectivity index (χ3v) is 3.42. The van der Waals surface area contributed by atoms with Crippen LogP contribution in [0.4, 0.5) is 4.39 Å². The third kappa shape index (κ3) is 3.80. The van der Waals surface area contributed by atoms with Gasteiger partial charge in [-0.3, -0.25) is 11.3 Å². The molecule has 0 aliphatic rings. The van der Waals surface area contributed by atoms with Crippen LogP contribution in [-0.4, -0.2) is 6.04 Å². The summed E-state index contributed by atoms with van der Waals surface area (Å²) >= 11 is 6.00. The van der Waals surface area contributed by atoms with Crippen molar-refractivity contribution in [3.05, 3.63) is 58.8 Å². The Balaban J connectivity index is 1.98. The van der Waals surface area contributed by atoms with Gasteiger partial charge in [0.1, 0.15) is 11.6 Å². The Kier molecular flexibility index (Phi) is 4.96. The minimum absolute atomic E-state index is 0.0560. The van der Waals surface area contributed by atoms with E-state index in [1.54, 1.807) is 18.4 Å². The first-order chi connectivity index (χ1) is 9.20. The minimum Gasteiger partial charge on any atom is -0.469 e. The van der Waals surface area contributed by atoms with Gasteiger partial charge in [0.2, 0.25) is 0 Å². The molecule has 102 valence electrons. The van der Waals surface area contributed by atoms with Crippen molar-refractivity contribution in [1.29, 1.82) is 0 Å². The fourth-order valence-electron chi connectivity index (χ4n) is 1.99. The van der Waals surface area contributed by atoms with Crippen LogP contribution in [0.3, 0.4) is 0 Å². The van der Waals surface area contributed by atoms with E-state index in [-0.39, 0.29) is 11.9 Å². The standard InChI is InChI=1S/C14H16ClFN2O/c15-13-4-1-5-14(16)12(13)9-10(18-17)6-7-11-3-2-8-19-11/h1-5,8,10,18H,6-7,9,17H2. The van der Waals surface area contributed by atoms with Crippen LogP contribution in [0, 0.1) is 5.82 Å². The lowest BCUT2D eigenvalue weighted by Gasteiger charge is -2.16. The fraction of sp³-hybridized carbons (Fsp3) is 0.286. The van der Waals surface area contributed by atoms with Gasteiger partial charge in [0.15, 0.2) is 0 Å². The fourth-order valence-corrected chi connectivity index (χ4v) is 2.23. The van der Waals surface area contributed by atoms with Gasteiger partial charge in [-0.05, 0) is 37.1 Å². The van der Waals surface area contributed by atoms with Crippen LogP contribution in [0.2, 0.25) is 5.02 Å². The molecule has 0 amide bonds. The molecule has 1 aromatic heterocycles. The highest BCUT2D eigenvalue weighted by Gasteiger charge is 2.14. The van der Waals surface area contributed by atoms with E-state index in [4.69, 9.17) is 21.9 Å². The zero-order valence-corrected chi connectivity index (χ0v) is 11.2. The molecule has 0 radical (unpaired) electrons. The lowest BCUT2D eigenvalue weighted by molar-refractivity contribution is 0.443. The van der Waals surface area contributed by atoms with Gasteiger partial charge in [0, 0.05) is 23.0 Å². The summed E-state index contributed by atoms with van der Waals surface area (Å²) < 4.78 is 18.9. The van der Waals surface area contributed by atoms with Gasteiger partial charge in [-0.1, -0.05) is 17.7 Å². The topological polar surface area (TPSA) is 51.2 Å². The summed E-state index contributed by atoms with van der Waals surface area (Å²) in [6.45, 7) is 0. The molecule has 19 heavy (non-hydrogen) atoms. The average molecular weight is 283 g/mol. The third-order valence-electron chi connectivity index (χ3n) is 3.07. The summed E-state index contributed by atoms with van der Waals surface area (Å²) in [4.78, 5) is 0. The number of hydrogen-bond donors (Lipinski definition) is 2. The predicted octanol–water partition coefficient (Wildman–Crippen LogP) is 3.08. The first-order valence-electron chi connectivity index (χ1n) is 6.12. The molecule has 1 heterocycles. The van der Waals surface area contributed by atoms with Crippen LogP contribution in [-0.2, 0) is 12.8 Å². The number of benzene rings is 1. The molecule has 0 aliphatic heterocycles. The largest absolute Gasteiger partial charge is 0.469 e. The van der Waals surface area contributed by atoms with Gasteiger partial charge in [-0.2, -0.15) is 0 Å². The summed E-state index contributed by atoms with van der Waals surface area (Å²) in [6.07, 6.45) is 3.57. The van der Waals surface area contributed by atoms with Crippen molar-refractivity contribution >= 4 is 11.6 Å². The number of furan rings is 1. The Labute approximate surface area is 116 Å². The second-order valence-corrected chi connectivity index (χ2v) is 4.79. The van der Waals surface area contributed by atoms with Crippen LogP contribution in [0.25, 0.3) is 0 Å². The van der Waals surface area contributed by atoms with Crippen molar-refractivity contribution in [3.63, 3.8) is 0 Å². The Bertz CT molecular complexity index is 496. The molecule has 1 atom stereocenters. The van der Waals surface area contributed by atoms with E-state index >= 15 is 0 Å². The lowest BCUT2D eigenvalue weighted by Crippen LogP contribution is -2.37. The Morgan fingerprint density at radius 2 is 2.16 bits per heavy atom. The number of rotatable bonds is 6. The maximum Gasteiger partial charge on any atom is 0.127 e. The van der Waals surface area contributed by atoms with Crippen molar-refractivity contribution < 1.29 is 8.81 Å². The predicted molar refractivity (Wildman–Crippen MR) is 73.3 cm³/mol. The monoisotopic (exact) mass is 282 g/mol. The molecule has 0 fully saturated rings. The number of nitrogens with two attached hydrogens (primary N) is 1. The Morgan fingerprint density at radius 3 is 2.79 bits per heavy atom. The van der Waals surface area contributed by atoms with Gasteiger partial charge in [-0.25, -0.2) is 4.39 Å². The number of nitrogens with one attached hydrogen (secondary N) is 1. The first-order valence-corrected chi connectivity index (χ1v) is 6.50. The van der Waals surface area contributed by atoms with E-state index in [1.165, 1.54) is 6.07 Å². The van der Waals surface area contributed by atoms with E-state index in [1.807, 2.05) is 12.1 Å². The lowest BCUT2D eigenvalue weighted by atomic mass is 10.0. The summed E-state index contributed by atoms with van der Waals surface area (Å²) in [5.41, 5.74) is 3.19. The van der Waals surface area contributed by atoms with Crippen LogP contribution >= 0.6 is 11.6 Å². The minimum atomic E-state index is -0.300. The smallest absolute Gasteiger partial charge is 0.127 e. The molecule has 0 aliphatic carbocycles. The van der Waals surface area contributed by atoms with E-state index in [2.05, 4.69) is 5.43 Å². The van der Waals surface area contributed by atoms with Gasteiger partial charge in [0.25, 0.3) is 0 Å². The highest BCUT2D eigenvalue weighted by Crippen LogP contribution is 2.21.